The Morgan fingerprint density at radius 2 is 1.97 bits per heavy atom. The number of halogens is 3. The summed E-state index contributed by atoms with van der Waals surface area (Å²) in [4.78, 5) is 4.23. The number of hydrogen-bond acceptors (Lipinski definition) is 6. The largest absolute Gasteiger partial charge is 0.482 e. The van der Waals surface area contributed by atoms with Crippen LogP contribution in [0.1, 0.15) is 37.5 Å². The van der Waals surface area contributed by atoms with Gasteiger partial charge < -0.3 is 15.7 Å². The maximum Gasteiger partial charge on any atom is 0.166 e. The highest BCUT2D eigenvalue weighted by molar-refractivity contribution is 6.36. The van der Waals surface area contributed by atoms with E-state index in [1.165, 1.54) is 17.2 Å². The smallest absolute Gasteiger partial charge is 0.166 e. The average Bonchev–Trinajstić information content (AvgIpc) is 3.23. The van der Waals surface area contributed by atoms with E-state index in [-0.39, 0.29) is 16.9 Å². The second-order valence-electron chi connectivity index (χ2n) is 7.52. The maximum atomic E-state index is 13.9. The zero-order valence-corrected chi connectivity index (χ0v) is 18.3. The Labute approximate surface area is 189 Å². The summed E-state index contributed by atoms with van der Waals surface area (Å²) in [5.41, 5.74) is 7.99. The van der Waals surface area contributed by atoms with E-state index in [4.69, 9.17) is 33.7 Å². The van der Waals surface area contributed by atoms with Crippen LogP contribution in [0.15, 0.2) is 36.8 Å². The molecule has 7 nitrogen and oxygen atoms in total. The first-order valence-electron chi connectivity index (χ1n) is 9.87. The van der Waals surface area contributed by atoms with Crippen LogP contribution in [-0.2, 0) is 0 Å². The second kappa shape index (κ2) is 9.00. The number of nitrogens with two attached hydrogens (primary N) is 1. The first-order chi connectivity index (χ1) is 14.8. The van der Waals surface area contributed by atoms with Crippen molar-refractivity contribution in [3.8, 4) is 16.9 Å². The Balaban J connectivity index is 1.56. The second-order valence-corrected chi connectivity index (χ2v) is 8.30. The molecule has 31 heavy (non-hydrogen) atoms. The number of aromatic nitrogens is 3. The molecule has 1 fully saturated rings. The predicted molar refractivity (Wildman–Crippen MR) is 117 cm³/mol. The molecule has 0 aliphatic carbocycles. The molecule has 0 radical (unpaired) electrons. The molecule has 1 aliphatic heterocycles. The van der Waals surface area contributed by atoms with Crippen molar-refractivity contribution < 1.29 is 14.3 Å². The van der Waals surface area contributed by atoms with Gasteiger partial charge in [-0.25, -0.2) is 9.37 Å². The first kappa shape index (κ1) is 21.8. The lowest BCUT2D eigenvalue weighted by molar-refractivity contribution is -0.111. The summed E-state index contributed by atoms with van der Waals surface area (Å²) in [6, 6.07) is 4.63. The van der Waals surface area contributed by atoms with Gasteiger partial charge in [-0.1, -0.05) is 23.2 Å². The summed E-state index contributed by atoms with van der Waals surface area (Å²) in [6.45, 7) is 2.94. The van der Waals surface area contributed by atoms with Gasteiger partial charge in [-0.15, -0.1) is 0 Å². The van der Waals surface area contributed by atoms with Gasteiger partial charge in [0, 0.05) is 47.2 Å². The van der Waals surface area contributed by atoms with Crippen LogP contribution in [0.3, 0.4) is 0 Å². The fourth-order valence-corrected chi connectivity index (χ4v) is 4.35. The predicted octanol–water partition coefficient (Wildman–Crippen LogP) is 5.14. The number of benzene rings is 1. The standard InChI is InChI=1S/C21H22Cl2FN5O2/c1-12(19-16(22)2-3-17(24)20(19)23)31-18-8-13(9-26-21(18)25)14-10-27-29(11-14)15-4-6-28(30)7-5-15/h2-3,8-12,15,30H,4-7H2,1H3,(H2,25,26)/t12-/m1/s1. The third kappa shape index (κ3) is 4.62. The first-order valence-corrected chi connectivity index (χ1v) is 10.6. The molecule has 0 bridgehead atoms. The van der Waals surface area contributed by atoms with Gasteiger partial charge in [-0.05, 0) is 38.0 Å². The molecule has 0 unspecified atom stereocenters. The van der Waals surface area contributed by atoms with E-state index in [0.29, 0.717) is 29.4 Å². The molecule has 1 atom stereocenters. The van der Waals surface area contributed by atoms with Crippen molar-refractivity contribution in [2.45, 2.75) is 31.9 Å². The van der Waals surface area contributed by atoms with Crippen molar-refractivity contribution in [3.05, 3.63) is 58.2 Å². The highest BCUT2D eigenvalue weighted by atomic mass is 35.5. The third-order valence-corrected chi connectivity index (χ3v) is 6.14. The summed E-state index contributed by atoms with van der Waals surface area (Å²) < 4.78 is 21.8. The molecule has 3 aromatic rings. The van der Waals surface area contributed by atoms with Crippen molar-refractivity contribution in [2.24, 2.45) is 0 Å². The van der Waals surface area contributed by atoms with Crippen LogP contribution >= 0.6 is 23.2 Å². The van der Waals surface area contributed by atoms with Gasteiger partial charge in [0.2, 0.25) is 0 Å². The molecule has 1 aliphatic rings. The molecule has 4 rings (SSSR count). The van der Waals surface area contributed by atoms with Crippen molar-refractivity contribution >= 4 is 29.0 Å². The van der Waals surface area contributed by atoms with Crippen molar-refractivity contribution in [1.82, 2.24) is 19.8 Å². The van der Waals surface area contributed by atoms with E-state index in [1.54, 1.807) is 25.4 Å². The van der Waals surface area contributed by atoms with E-state index in [1.807, 2.05) is 10.9 Å². The zero-order chi connectivity index (χ0) is 22.1. The molecule has 1 saturated heterocycles. The number of pyridine rings is 1. The summed E-state index contributed by atoms with van der Waals surface area (Å²) in [7, 11) is 0. The molecule has 3 heterocycles. The van der Waals surface area contributed by atoms with E-state index < -0.39 is 11.9 Å². The van der Waals surface area contributed by atoms with Gasteiger partial charge in [-0.3, -0.25) is 4.68 Å². The number of piperidine rings is 1. The van der Waals surface area contributed by atoms with Gasteiger partial charge in [0.25, 0.3) is 0 Å². The van der Waals surface area contributed by atoms with Crippen LogP contribution in [0.5, 0.6) is 5.75 Å². The molecule has 3 N–H and O–H groups in total. The number of hydroxylamine groups is 2. The maximum absolute atomic E-state index is 13.9. The Kier molecular flexibility index (Phi) is 6.34. The number of nitrogens with zero attached hydrogens (tertiary/aromatic N) is 4. The van der Waals surface area contributed by atoms with Crippen molar-refractivity contribution in [1.29, 1.82) is 0 Å². The Bertz CT molecular complexity index is 1090. The van der Waals surface area contributed by atoms with E-state index in [2.05, 4.69) is 10.1 Å². The van der Waals surface area contributed by atoms with Crippen LogP contribution in [0.4, 0.5) is 10.2 Å². The number of hydrogen-bond donors (Lipinski definition) is 2. The quantitative estimate of drug-likeness (QED) is 0.507. The van der Waals surface area contributed by atoms with Gasteiger partial charge in [0.1, 0.15) is 11.9 Å². The highest BCUT2D eigenvalue weighted by Gasteiger charge is 2.22. The van der Waals surface area contributed by atoms with Crippen LogP contribution in [0.25, 0.3) is 11.1 Å². The SMILES string of the molecule is C[C@@H](Oc1cc(-c2cnn(C3CCN(O)CC3)c2)cnc1N)c1c(Cl)ccc(F)c1Cl. The molecule has 10 heteroatoms. The fourth-order valence-electron chi connectivity index (χ4n) is 3.68. The lowest BCUT2D eigenvalue weighted by atomic mass is 10.1. The minimum absolute atomic E-state index is 0.0853. The zero-order valence-electron chi connectivity index (χ0n) is 16.8. The molecule has 0 saturated carbocycles. The van der Waals surface area contributed by atoms with Gasteiger partial charge >= 0.3 is 0 Å². The fraction of sp³-hybridized carbons (Fsp3) is 0.333. The van der Waals surface area contributed by atoms with E-state index in [0.717, 1.165) is 24.0 Å². The van der Waals surface area contributed by atoms with Crippen LogP contribution < -0.4 is 10.5 Å². The van der Waals surface area contributed by atoms with Gasteiger partial charge in [0.15, 0.2) is 11.6 Å². The molecule has 2 aromatic heterocycles. The lowest BCUT2D eigenvalue weighted by Crippen LogP contribution is -2.32. The van der Waals surface area contributed by atoms with Gasteiger partial charge in [-0.2, -0.15) is 10.2 Å². The number of rotatable bonds is 5. The third-order valence-electron chi connectivity index (χ3n) is 5.42. The molecule has 1 aromatic carbocycles. The van der Waals surface area contributed by atoms with Crippen molar-refractivity contribution in [2.75, 3.05) is 18.8 Å². The molecule has 0 spiro atoms. The molecular formula is C21H22Cl2FN5O2. The number of anilines is 1. The Morgan fingerprint density at radius 1 is 1.23 bits per heavy atom. The average molecular weight is 466 g/mol. The van der Waals surface area contributed by atoms with Gasteiger partial charge in [0.05, 0.1) is 17.3 Å². The molecule has 0 amide bonds. The molecular weight excluding hydrogens is 444 g/mol. The van der Waals surface area contributed by atoms with Crippen LogP contribution in [0, 0.1) is 5.82 Å². The minimum Gasteiger partial charge on any atom is -0.482 e. The molecule has 164 valence electrons. The Morgan fingerprint density at radius 3 is 2.71 bits per heavy atom. The summed E-state index contributed by atoms with van der Waals surface area (Å²) >= 11 is 12.3. The Hall–Kier alpha value is -2.39. The van der Waals surface area contributed by atoms with E-state index in [9.17, 15) is 9.60 Å². The normalized spacial score (nSPS) is 16.4. The highest BCUT2D eigenvalue weighted by Crippen LogP contribution is 2.37. The minimum atomic E-state index is -0.651. The lowest BCUT2D eigenvalue weighted by Gasteiger charge is -2.27. The van der Waals surface area contributed by atoms with Crippen molar-refractivity contribution in [3.63, 3.8) is 0 Å². The van der Waals surface area contributed by atoms with E-state index >= 15 is 0 Å². The number of nitrogen functional groups attached to an aromatic ring is 1. The van der Waals surface area contributed by atoms with Crippen LogP contribution in [0.2, 0.25) is 10.0 Å². The summed E-state index contributed by atoms with van der Waals surface area (Å²) in [5, 5.41) is 15.6. The summed E-state index contributed by atoms with van der Waals surface area (Å²) in [5.74, 6) is -0.0412. The monoisotopic (exact) mass is 465 g/mol. The number of ether oxygens (including phenoxy) is 1. The van der Waals surface area contributed by atoms with Crippen LogP contribution in [-0.4, -0.2) is 38.1 Å². The topological polar surface area (TPSA) is 89.4 Å². The summed E-state index contributed by atoms with van der Waals surface area (Å²) in [6.07, 6.45) is 6.33.